The molecule has 0 saturated carbocycles. The molecule has 3 heterocycles. The first-order valence-electron chi connectivity index (χ1n) is 8.55. The van der Waals surface area contributed by atoms with Gasteiger partial charge in [-0.3, -0.25) is 14.5 Å². The van der Waals surface area contributed by atoms with Crippen molar-refractivity contribution in [2.45, 2.75) is 45.4 Å². The monoisotopic (exact) mass is 374 g/mol. The predicted octanol–water partition coefficient (Wildman–Crippen LogP) is 1.88. The van der Waals surface area contributed by atoms with Crippen molar-refractivity contribution in [1.82, 2.24) is 19.9 Å². The summed E-state index contributed by atoms with van der Waals surface area (Å²) in [6.45, 7) is 6.65. The number of hydrogen-bond donors (Lipinski definition) is 2. The van der Waals surface area contributed by atoms with Crippen LogP contribution in [0.3, 0.4) is 0 Å². The summed E-state index contributed by atoms with van der Waals surface area (Å²) in [7, 11) is 0. The van der Waals surface area contributed by atoms with Crippen molar-refractivity contribution in [1.29, 1.82) is 0 Å². The van der Waals surface area contributed by atoms with Crippen LogP contribution in [0.25, 0.3) is 11.0 Å². The second-order valence-electron chi connectivity index (χ2n) is 7.29. The normalized spacial score (nSPS) is 20.1. The minimum Gasteiger partial charge on any atom is -0.464 e. The molecular weight excluding hydrogens is 352 g/mol. The number of carbonyl (C=O) groups excluding carboxylic acids is 2. The Kier molecular flexibility index (Phi) is 4.95. The molecule has 2 aromatic rings. The number of esters is 1. The molecule has 1 fully saturated rings. The second-order valence-corrected chi connectivity index (χ2v) is 7.29. The number of aromatic amines is 2. The van der Waals surface area contributed by atoms with Crippen molar-refractivity contribution in [3.05, 3.63) is 41.3 Å². The number of fused-ring (bicyclic) bond motifs is 1. The van der Waals surface area contributed by atoms with Crippen LogP contribution in [-0.4, -0.2) is 50.2 Å². The molecule has 2 N–H and O–H groups in total. The summed E-state index contributed by atoms with van der Waals surface area (Å²) in [5.41, 5.74) is 0.465. The Morgan fingerprint density at radius 3 is 2.67 bits per heavy atom. The molecule has 9 heteroatoms. The highest BCUT2D eigenvalue weighted by Gasteiger charge is 2.42. The van der Waals surface area contributed by atoms with E-state index in [-0.39, 0.29) is 12.2 Å². The average molecular weight is 374 g/mol. The third kappa shape index (κ3) is 3.96. The molecule has 0 aliphatic carbocycles. The topological polar surface area (TPSA) is 117 Å². The molecule has 2 radical (unpaired) electrons. The van der Waals surface area contributed by atoms with Gasteiger partial charge in [-0.25, -0.2) is 9.78 Å². The lowest BCUT2D eigenvalue weighted by molar-refractivity contribution is -0.142. The van der Waals surface area contributed by atoms with Crippen molar-refractivity contribution in [3.63, 3.8) is 0 Å². The van der Waals surface area contributed by atoms with Gasteiger partial charge in [-0.2, -0.15) is 0 Å². The molecule has 144 valence electrons. The highest BCUT2D eigenvalue weighted by molar-refractivity contribution is 5.80. The van der Waals surface area contributed by atoms with Crippen molar-refractivity contribution < 1.29 is 19.1 Å². The SMILES string of the molecule is CC(=O)OC[C@H]1[CH][CH][C@@H](c2c[nH]c3c(=O)[nH]cnc23)N1C(=O)OC(C)(C)C. The third-order valence-electron chi connectivity index (χ3n) is 4.05. The zero-order valence-corrected chi connectivity index (χ0v) is 15.6. The quantitative estimate of drug-likeness (QED) is 0.792. The van der Waals surface area contributed by atoms with Gasteiger partial charge < -0.3 is 19.4 Å². The third-order valence-corrected chi connectivity index (χ3v) is 4.05. The molecule has 0 aromatic carbocycles. The van der Waals surface area contributed by atoms with Crippen LogP contribution in [0.4, 0.5) is 4.79 Å². The summed E-state index contributed by atoms with van der Waals surface area (Å²) in [6.07, 6.45) is 6.00. The largest absolute Gasteiger partial charge is 0.464 e. The van der Waals surface area contributed by atoms with E-state index in [1.54, 1.807) is 33.4 Å². The van der Waals surface area contributed by atoms with Gasteiger partial charge in [-0.05, 0) is 33.6 Å². The van der Waals surface area contributed by atoms with Crippen molar-refractivity contribution in [2.75, 3.05) is 6.61 Å². The van der Waals surface area contributed by atoms with Crippen LogP contribution in [0.5, 0.6) is 0 Å². The number of ether oxygens (including phenoxy) is 2. The number of likely N-dealkylation sites (tertiary alicyclic amines) is 1. The fraction of sp³-hybridized carbons (Fsp3) is 0.444. The lowest BCUT2D eigenvalue weighted by atomic mass is 10.1. The fourth-order valence-corrected chi connectivity index (χ4v) is 2.98. The van der Waals surface area contributed by atoms with E-state index in [1.165, 1.54) is 18.2 Å². The zero-order valence-electron chi connectivity index (χ0n) is 15.6. The standard InChI is InChI=1S/C18H22N4O5/c1-10(23)26-8-11-5-6-13(22(11)17(25)27-18(2,3)4)12-7-19-15-14(12)20-9-21-16(15)24/h5-7,9,11,13,19H,8H2,1-4H3,(H,20,21,24)/t11-,13+/m1/s1. The smallest absolute Gasteiger partial charge is 0.411 e. The van der Waals surface area contributed by atoms with E-state index in [9.17, 15) is 14.4 Å². The number of hydrogen-bond acceptors (Lipinski definition) is 6. The molecule has 1 amide bonds. The average Bonchev–Trinajstić information content (AvgIpc) is 3.15. The maximum absolute atomic E-state index is 12.8. The summed E-state index contributed by atoms with van der Waals surface area (Å²) < 4.78 is 10.6. The van der Waals surface area contributed by atoms with E-state index >= 15 is 0 Å². The summed E-state index contributed by atoms with van der Waals surface area (Å²) in [5, 5.41) is 0. The Labute approximate surface area is 156 Å². The summed E-state index contributed by atoms with van der Waals surface area (Å²) in [5.74, 6) is -0.434. The molecule has 2 aromatic heterocycles. The molecule has 0 unspecified atom stereocenters. The number of nitrogens with zero attached hydrogens (tertiary/aromatic N) is 2. The fourth-order valence-electron chi connectivity index (χ4n) is 2.98. The van der Waals surface area contributed by atoms with Gasteiger partial charge >= 0.3 is 12.1 Å². The molecule has 9 nitrogen and oxygen atoms in total. The van der Waals surface area contributed by atoms with Crippen LogP contribution in [0.15, 0.2) is 17.3 Å². The summed E-state index contributed by atoms with van der Waals surface area (Å²) >= 11 is 0. The minimum atomic E-state index is -0.689. The Balaban J connectivity index is 1.96. The Morgan fingerprint density at radius 2 is 2.00 bits per heavy atom. The lowest BCUT2D eigenvalue weighted by Gasteiger charge is -2.32. The van der Waals surface area contributed by atoms with Crippen LogP contribution in [0.1, 0.15) is 39.3 Å². The van der Waals surface area contributed by atoms with Crippen LogP contribution in [0.2, 0.25) is 0 Å². The highest BCUT2D eigenvalue weighted by Crippen LogP contribution is 2.38. The van der Waals surface area contributed by atoms with Crippen LogP contribution in [0, 0.1) is 12.8 Å². The number of rotatable bonds is 3. The van der Waals surface area contributed by atoms with Gasteiger partial charge in [0.05, 0.1) is 18.4 Å². The Bertz CT molecular complexity index is 910. The van der Waals surface area contributed by atoms with E-state index in [4.69, 9.17) is 9.47 Å². The molecule has 3 rings (SSSR count). The first-order valence-corrected chi connectivity index (χ1v) is 8.55. The molecule has 0 bridgehead atoms. The van der Waals surface area contributed by atoms with Gasteiger partial charge in [0.1, 0.15) is 23.2 Å². The second kappa shape index (κ2) is 7.05. The van der Waals surface area contributed by atoms with E-state index in [2.05, 4.69) is 15.0 Å². The molecule has 1 aliphatic heterocycles. The van der Waals surface area contributed by atoms with Crippen molar-refractivity contribution >= 4 is 23.1 Å². The minimum absolute atomic E-state index is 0.0118. The zero-order chi connectivity index (χ0) is 19.8. The van der Waals surface area contributed by atoms with Crippen molar-refractivity contribution in [3.8, 4) is 0 Å². The van der Waals surface area contributed by atoms with Crippen molar-refractivity contribution in [2.24, 2.45) is 0 Å². The molecule has 2 atom stereocenters. The molecule has 0 spiro atoms. The predicted molar refractivity (Wildman–Crippen MR) is 96.5 cm³/mol. The first kappa shape index (κ1) is 18.9. The van der Waals surface area contributed by atoms with Gasteiger partial charge in [0.15, 0.2) is 0 Å². The van der Waals surface area contributed by atoms with Gasteiger partial charge in [0, 0.05) is 18.7 Å². The number of nitrogens with one attached hydrogen (secondary N) is 2. The maximum Gasteiger partial charge on any atom is 0.411 e. The summed E-state index contributed by atoms with van der Waals surface area (Å²) in [6, 6.07) is -0.996. The van der Waals surface area contributed by atoms with Gasteiger partial charge in [-0.15, -0.1) is 0 Å². The van der Waals surface area contributed by atoms with Gasteiger partial charge in [-0.1, -0.05) is 0 Å². The van der Waals surface area contributed by atoms with Gasteiger partial charge in [0.2, 0.25) is 0 Å². The van der Waals surface area contributed by atoms with E-state index < -0.39 is 29.7 Å². The number of carbonyl (C=O) groups is 2. The lowest BCUT2D eigenvalue weighted by Crippen LogP contribution is -2.43. The Hall–Kier alpha value is -2.84. The molecule has 27 heavy (non-hydrogen) atoms. The van der Waals surface area contributed by atoms with E-state index in [1.807, 2.05) is 6.42 Å². The molecular formula is C18H22N4O5. The van der Waals surface area contributed by atoms with Crippen LogP contribution < -0.4 is 5.56 Å². The molecule has 1 aliphatic rings. The molecule has 1 saturated heterocycles. The van der Waals surface area contributed by atoms with E-state index in [0.29, 0.717) is 16.6 Å². The number of H-pyrrole nitrogens is 2. The maximum atomic E-state index is 12.8. The summed E-state index contributed by atoms with van der Waals surface area (Å²) in [4.78, 5) is 47.1. The number of aromatic nitrogens is 3. The number of amides is 1. The van der Waals surface area contributed by atoms with Gasteiger partial charge in [0.25, 0.3) is 5.56 Å². The van der Waals surface area contributed by atoms with Crippen LogP contribution in [-0.2, 0) is 14.3 Å². The first-order chi connectivity index (χ1) is 12.7. The van der Waals surface area contributed by atoms with Crippen LogP contribution >= 0.6 is 0 Å². The van der Waals surface area contributed by atoms with E-state index in [0.717, 1.165) is 0 Å². The Morgan fingerprint density at radius 1 is 1.26 bits per heavy atom. The highest BCUT2D eigenvalue weighted by atomic mass is 16.6.